The van der Waals surface area contributed by atoms with Crippen LogP contribution in [0.2, 0.25) is 0 Å². The van der Waals surface area contributed by atoms with Gasteiger partial charge in [0.25, 0.3) is 5.91 Å². The monoisotopic (exact) mass is 275 g/mol. The van der Waals surface area contributed by atoms with Gasteiger partial charge in [0, 0.05) is 50.0 Å². The highest BCUT2D eigenvalue weighted by atomic mass is 16.2. The normalized spacial score (nSPS) is 17.1. The van der Waals surface area contributed by atoms with Gasteiger partial charge in [-0.3, -0.25) is 9.69 Å². The minimum absolute atomic E-state index is 0.140. The van der Waals surface area contributed by atoms with E-state index < -0.39 is 0 Å². The van der Waals surface area contributed by atoms with Crippen molar-refractivity contribution in [2.24, 2.45) is 0 Å². The maximum Gasteiger partial charge on any atom is 0.253 e. The van der Waals surface area contributed by atoms with E-state index in [1.807, 2.05) is 36.2 Å². The fraction of sp³-hybridized carbons (Fsp3) is 0.562. The van der Waals surface area contributed by atoms with E-state index in [0.717, 1.165) is 37.4 Å². The number of nitrogens with zero attached hydrogens (tertiary/aromatic N) is 2. The maximum atomic E-state index is 12.4. The molecule has 1 aromatic carbocycles. The Morgan fingerprint density at radius 2 is 1.60 bits per heavy atom. The lowest BCUT2D eigenvalue weighted by atomic mass is 10.0. The van der Waals surface area contributed by atoms with E-state index in [2.05, 4.69) is 31.0 Å². The van der Waals surface area contributed by atoms with Crippen LogP contribution in [0, 0.1) is 0 Å². The second kappa shape index (κ2) is 5.83. The molecule has 1 heterocycles. The van der Waals surface area contributed by atoms with Crippen molar-refractivity contribution < 1.29 is 4.79 Å². The standard InChI is InChI=1S/C16H25N3O/c1-16(2,3)19-11-9-18(10-12-19)15(20)13-5-7-14(17-4)8-6-13/h5-8,17H,9-12H2,1-4H3. The molecule has 0 aliphatic carbocycles. The number of piperazine rings is 1. The fourth-order valence-corrected chi connectivity index (χ4v) is 2.54. The van der Waals surface area contributed by atoms with Crippen molar-refractivity contribution in [2.45, 2.75) is 26.3 Å². The molecule has 20 heavy (non-hydrogen) atoms. The van der Waals surface area contributed by atoms with Crippen LogP contribution in [0.25, 0.3) is 0 Å². The molecule has 1 aromatic rings. The molecule has 2 rings (SSSR count). The van der Waals surface area contributed by atoms with Gasteiger partial charge in [-0.2, -0.15) is 0 Å². The van der Waals surface area contributed by atoms with Gasteiger partial charge in [0.15, 0.2) is 0 Å². The summed E-state index contributed by atoms with van der Waals surface area (Å²) in [5.41, 5.74) is 1.98. The Kier molecular flexibility index (Phi) is 4.33. The van der Waals surface area contributed by atoms with Crippen molar-refractivity contribution in [1.82, 2.24) is 9.80 Å². The molecule has 1 N–H and O–H groups in total. The predicted molar refractivity (Wildman–Crippen MR) is 83.2 cm³/mol. The van der Waals surface area contributed by atoms with Crippen LogP contribution in [0.15, 0.2) is 24.3 Å². The largest absolute Gasteiger partial charge is 0.388 e. The average Bonchev–Trinajstić information content (AvgIpc) is 2.46. The molecule has 1 amide bonds. The van der Waals surface area contributed by atoms with Crippen molar-refractivity contribution in [3.05, 3.63) is 29.8 Å². The summed E-state index contributed by atoms with van der Waals surface area (Å²) in [5.74, 6) is 0.140. The Morgan fingerprint density at radius 3 is 2.05 bits per heavy atom. The van der Waals surface area contributed by atoms with Gasteiger partial charge in [0.1, 0.15) is 0 Å². The molecule has 4 heteroatoms. The molecule has 0 bridgehead atoms. The number of rotatable bonds is 2. The number of nitrogens with one attached hydrogen (secondary N) is 1. The highest BCUT2D eigenvalue weighted by Crippen LogP contribution is 2.17. The Hall–Kier alpha value is -1.55. The average molecular weight is 275 g/mol. The number of carbonyl (C=O) groups is 1. The molecule has 0 spiro atoms. The highest BCUT2D eigenvalue weighted by Gasteiger charge is 2.28. The number of carbonyl (C=O) groups excluding carboxylic acids is 1. The molecular formula is C16H25N3O. The van der Waals surface area contributed by atoms with E-state index in [9.17, 15) is 4.79 Å². The number of hydrogen-bond acceptors (Lipinski definition) is 3. The van der Waals surface area contributed by atoms with E-state index in [1.165, 1.54) is 0 Å². The molecule has 1 saturated heterocycles. The van der Waals surface area contributed by atoms with Gasteiger partial charge < -0.3 is 10.2 Å². The van der Waals surface area contributed by atoms with Crippen molar-refractivity contribution in [1.29, 1.82) is 0 Å². The van der Waals surface area contributed by atoms with Crippen molar-refractivity contribution in [2.75, 3.05) is 38.5 Å². The van der Waals surface area contributed by atoms with E-state index in [-0.39, 0.29) is 11.4 Å². The van der Waals surface area contributed by atoms with Crippen LogP contribution in [-0.2, 0) is 0 Å². The van der Waals surface area contributed by atoms with Gasteiger partial charge in [-0.05, 0) is 45.0 Å². The van der Waals surface area contributed by atoms with Gasteiger partial charge in [0.05, 0.1) is 0 Å². The summed E-state index contributed by atoms with van der Waals surface area (Å²) in [6, 6.07) is 7.67. The third-order valence-corrected chi connectivity index (χ3v) is 3.94. The lowest BCUT2D eigenvalue weighted by Gasteiger charge is -2.42. The highest BCUT2D eigenvalue weighted by molar-refractivity contribution is 5.94. The lowest BCUT2D eigenvalue weighted by molar-refractivity contribution is 0.0451. The summed E-state index contributed by atoms with van der Waals surface area (Å²) in [5, 5.41) is 3.06. The Bertz CT molecular complexity index is 454. The summed E-state index contributed by atoms with van der Waals surface area (Å²) < 4.78 is 0. The first-order chi connectivity index (χ1) is 9.41. The van der Waals surface area contributed by atoms with Gasteiger partial charge in [-0.25, -0.2) is 0 Å². The second-order valence-electron chi connectivity index (χ2n) is 6.28. The number of amides is 1. The molecule has 0 radical (unpaired) electrons. The Morgan fingerprint density at radius 1 is 1.05 bits per heavy atom. The first-order valence-corrected chi connectivity index (χ1v) is 7.24. The Labute approximate surface area is 121 Å². The molecule has 0 atom stereocenters. The molecule has 1 fully saturated rings. The third kappa shape index (κ3) is 3.31. The zero-order valence-corrected chi connectivity index (χ0v) is 12.9. The van der Waals surface area contributed by atoms with Gasteiger partial charge >= 0.3 is 0 Å². The molecule has 1 aliphatic rings. The Balaban J connectivity index is 1.97. The minimum atomic E-state index is 0.140. The second-order valence-corrected chi connectivity index (χ2v) is 6.28. The SMILES string of the molecule is CNc1ccc(C(=O)N2CCN(C(C)(C)C)CC2)cc1. The number of anilines is 1. The molecule has 110 valence electrons. The van der Waals surface area contributed by atoms with Crippen molar-refractivity contribution >= 4 is 11.6 Å². The quantitative estimate of drug-likeness (QED) is 0.899. The van der Waals surface area contributed by atoms with Gasteiger partial charge in [0.2, 0.25) is 0 Å². The summed E-state index contributed by atoms with van der Waals surface area (Å²) in [6.07, 6.45) is 0. The summed E-state index contributed by atoms with van der Waals surface area (Å²) >= 11 is 0. The zero-order valence-electron chi connectivity index (χ0n) is 12.9. The summed E-state index contributed by atoms with van der Waals surface area (Å²) in [6.45, 7) is 10.2. The molecule has 0 unspecified atom stereocenters. The number of hydrogen-bond donors (Lipinski definition) is 1. The van der Waals surface area contributed by atoms with Crippen LogP contribution in [0.5, 0.6) is 0 Å². The van der Waals surface area contributed by atoms with E-state index in [0.29, 0.717) is 0 Å². The predicted octanol–water partition coefficient (Wildman–Crippen LogP) is 2.28. The molecule has 0 saturated carbocycles. The van der Waals surface area contributed by atoms with Gasteiger partial charge in [-0.1, -0.05) is 0 Å². The summed E-state index contributed by atoms with van der Waals surface area (Å²) in [4.78, 5) is 16.8. The minimum Gasteiger partial charge on any atom is -0.388 e. The summed E-state index contributed by atoms with van der Waals surface area (Å²) in [7, 11) is 1.88. The maximum absolute atomic E-state index is 12.4. The van der Waals surface area contributed by atoms with Crippen LogP contribution >= 0.6 is 0 Å². The van der Waals surface area contributed by atoms with Crippen LogP contribution in [-0.4, -0.2) is 54.5 Å². The van der Waals surface area contributed by atoms with Crippen LogP contribution < -0.4 is 5.32 Å². The molecule has 4 nitrogen and oxygen atoms in total. The molecule has 0 aromatic heterocycles. The smallest absolute Gasteiger partial charge is 0.253 e. The van der Waals surface area contributed by atoms with E-state index >= 15 is 0 Å². The van der Waals surface area contributed by atoms with Gasteiger partial charge in [-0.15, -0.1) is 0 Å². The number of benzene rings is 1. The molecular weight excluding hydrogens is 250 g/mol. The topological polar surface area (TPSA) is 35.6 Å². The van der Waals surface area contributed by atoms with Crippen molar-refractivity contribution in [3.63, 3.8) is 0 Å². The lowest BCUT2D eigenvalue weighted by Crippen LogP contribution is -2.54. The zero-order chi connectivity index (χ0) is 14.8. The van der Waals surface area contributed by atoms with Crippen LogP contribution in [0.1, 0.15) is 31.1 Å². The van der Waals surface area contributed by atoms with E-state index in [4.69, 9.17) is 0 Å². The van der Waals surface area contributed by atoms with Crippen LogP contribution in [0.4, 0.5) is 5.69 Å². The fourth-order valence-electron chi connectivity index (χ4n) is 2.54. The first-order valence-electron chi connectivity index (χ1n) is 7.24. The van der Waals surface area contributed by atoms with E-state index in [1.54, 1.807) is 0 Å². The van der Waals surface area contributed by atoms with Crippen LogP contribution in [0.3, 0.4) is 0 Å². The first kappa shape index (κ1) is 14.9. The van der Waals surface area contributed by atoms with Crippen molar-refractivity contribution in [3.8, 4) is 0 Å². The third-order valence-electron chi connectivity index (χ3n) is 3.94. The molecule has 1 aliphatic heterocycles.